The molecule has 0 N–H and O–H groups in total. The molecule has 0 fully saturated rings. The van der Waals surface area contributed by atoms with Gasteiger partial charge < -0.3 is 4.74 Å². The number of ether oxygens (including phenoxy) is 1. The van der Waals surface area contributed by atoms with Gasteiger partial charge in [-0.3, -0.25) is 4.79 Å². The summed E-state index contributed by atoms with van der Waals surface area (Å²) in [4.78, 5) is 12.3. The molecule has 226 valence electrons. The SMILES string of the molecule is C/C=C(\C/C=C\CC(F)(F)C(F)(F)C(F)(F)C(F)(F)C(F)(F)C(F)(F)F)C(=O)/C=C/c1ccc(OCCC)cc1. The van der Waals surface area contributed by atoms with Gasteiger partial charge in [-0.15, -0.1) is 0 Å². The first-order chi connectivity index (χ1) is 18.1. The zero-order valence-electron chi connectivity index (χ0n) is 20.8. The first-order valence-corrected chi connectivity index (χ1v) is 11.3. The number of rotatable bonds is 14. The molecule has 0 unspecified atom stereocenters. The third kappa shape index (κ3) is 7.19. The fraction of sp³-hybridized carbons (Fsp3) is 0.480. The Morgan fingerprint density at radius 1 is 0.775 bits per heavy atom. The molecule has 0 aliphatic rings. The summed E-state index contributed by atoms with van der Waals surface area (Å²) in [5.74, 6) is -37.2. The highest BCUT2D eigenvalue weighted by Crippen LogP contribution is 2.60. The second-order valence-corrected chi connectivity index (χ2v) is 8.31. The lowest BCUT2D eigenvalue weighted by Crippen LogP contribution is -2.70. The van der Waals surface area contributed by atoms with Crippen molar-refractivity contribution in [1.29, 1.82) is 0 Å². The van der Waals surface area contributed by atoms with Crippen molar-refractivity contribution in [2.75, 3.05) is 6.61 Å². The Morgan fingerprint density at radius 3 is 1.77 bits per heavy atom. The fourth-order valence-electron chi connectivity index (χ4n) is 2.91. The fourth-order valence-corrected chi connectivity index (χ4v) is 2.91. The Bertz CT molecular complexity index is 1080. The van der Waals surface area contributed by atoms with Crippen molar-refractivity contribution in [3.63, 3.8) is 0 Å². The van der Waals surface area contributed by atoms with E-state index >= 15 is 0 Å². The van der Waals surface area contributed by atoms with Gasteiger partial charge in [0.2, 0.25) is 0 Å². The van der Waals surface area contributed by atoms with Gasteiger partial charge in [-0.2, -0.15) is 57.1 Å². The number of allylic oxidation sites excluding steroid dienone is 5. The Labute approximate surface area is 220 Å². The smallest absolute Gasteiger partial charge is 0.460 e. The van der Waals surface area contributed by atoms with Gasteiger partial charge in [0.25, 0.3) is 0 Å². The van der Waals surface area contributed by atoms with E-state index in [4.69, 9.17) is 4.74 Å². The van der Waals surface area contributed by atoms with Crippen LogP contribution in [0.25, 0.3) is 6.08 Å². The summed E-state index contributed by atoms with van der Waals surface area (Å²) in [6.45, 7) is 3.73. The van der Waals surface area contributed by atoms with E-state index in [1.807, 2.05) is 6.92 Å². The van der Waals surface area contributed by atoms with Crippen LogP contribution in [0.5, 0.6) is 5.75 Å². The molecule has 0 spiro atoms. The molecule has 1 rings (SSSR count). The van der Waals surface area contributed by atoms with Gasteiger partial charge in [-0.25, -0.2) is 0 Å². The van der Waals surface area contributed by atoms with E-state index in [-0.39, 0.29) is 11.6 Å². The zero-order chi connectivity index (χ0) is 31.2. The minimum atomic E-state index is -7.94. The average Bonchev–Trinajstić information content (AvgIpc) is 2.85. The molecule has 1 aromatic carbocycles. The molecule has 15 heteroatoms. The normalized spacial score (nSPS) is 14.8. The van der Waals surface area contributed by atoms with Crippen LogP contribution >= 0.6 is 0 Å². The van der Waals surface area contributed by atoms with Crippen molar-refractivity contribution in [2.24, 2.45) is 0 Å². The molecule has 0 aliphatic carbocycles. The monoisotopic (exact) mass is 602 g/mol. The first kappa shape index (κ1) is 35.0. The predicted molar refractivity (Wildman–Crippen MR) is 119 cm³/mol. The van der Waals surface area contributed by atoms with Crippen molar-refractivity contribution in [2.45, 2.75) is 68.9 Å². The van der Waals surface area contributed by atoms with Crippen molar-refractivity contribution in [3.8, 4) is 5.75 Å². The third-order valence-electron chi connectivity index (χ3n) is 5.32. The van der Waals surface area contributed by atoms with Crippen molar-refractivity contribution in [1.82, 2.24) is 0 Å². The van der Waals surface area contributed by atoms with E-state index in [2.05, 4.69) is 0 Å². The molecule has 1 aromatic rings. The molecule has 0 aromatic heterocycles. The highest BCUT2D eigenvalue weighted by atomic mass is 19.4. The molecule has 0 radical (unpaired) electrons. The highest BCUT2D eigenvalue weighted by Gasteiger charge is 2.90. The van der Waals surface area contributed by atoms with Crippen LogP contribution in [0.1, 0.15) is 38.7 Å². The second kappa shape index (κ2) is 12.7. The Morgan fingerprint density at radius 2 is 1.30 bits per heavy atom. The molecule has 0 heterocycles. The maximum absolute atomic E-state index is 13.8. The summed E-state index contributed by atoms with van der Waals surface area (Å²) in [5.41, 5.74) is 0.450. The van der Waals surface area contributed by atoms with Crippen LogP contribution in [0.2, 0.25) is 0 Å². The van der Waals surface area contributed by atoms with E-state index in [0.29, 0.717) is 24.0 Å². The maximum atomic E-state index is 13.8. The molecule has 0 amide bonds. The van der Waals surface area contributed by atoms with Crippen LogP contribution in [0.4, 0.5) is 57.1 Å². The van der Waals surface area contributed by atoms with Crippen LogP contribution in [0.15, 0.2) is 54.1 Å². The number of hydrogen-bond donors (Lipinski definition) is 0. The number of alkyl halides is 13. The molecule has 0 aliphatic heterocycles. The van der Waals surface area contributed by atoms with E-state index in [1.54, 1.807) is 24.3 Å². The summed E-state index contributed by atoms with van der Waals surface area (Å²) in [6.07, 6.45) is -5.38. The lowest BCUT2D eigenvalue weighted by Gasteiger charge is -2.39. The summed E-state index contributed by atoms with van der Waals surface area (Å²) < 4.78 is 176. The number of carbonyl (C=O) groups excluding carboxylic acids is 1. The molecule has 40 heavy (non-hydrogen) atoms. The van der Waals surface area contributed by atoms with Gasteiger partial charge in [-0.1, -0.05) is 43.4 Å². The molecular weight excluding hydrogens is 579 g/mol. The summed E-state index contributed by atoms with van der Waals surface area (Å²) in [6, 6.07) is 6.46. The van der Waals surface area contributed by atoms with Crippen LogP contribution in [0, 0.1) is 0 Å². The summed E-state index contributed by atoms with van der Waals surface area (Å²) in [5, 5.41) is 0. The molecule has 0 bridgehead atoms. The molecular formula is C25H23F13O2. The van der Waals surface area contributed by atoms with Crippen LogP contribution in [-0.2, 0) is 4.79 Å². The topological polar surface area (TPSA) is 26.3 Å². The average molecular weight is 602 g/mol. The maximum Gasteiger partial charge on any atom is 0.460 e. The van der Waals surface area contributed by atoms with Crippen molar-refractivity contribution < 1.29 is 66.6 Å². The van der Waals surface area contributed by atoms with Gasteiger partial charge in [0.15, 0.2) is 5.78 Å². The van der Waals surface area contributed by atoms with E-state index in [0.717, 1.165) is 12.5 Å². The first-order valence-electron chi connectivity index (χ1n) is 11.3. The van der Waals surface area contributed by atoms with Gasteiger partial charge >= 0.3 is 35.8 Å². The van der Waals surface area contributed by atoms with Gasteiger partial charge in [0, 0.05) is 6.42 Å². The van der Waals surface area contributed by atoms with Crippen LogP contribution < -0.4 is 4.74 Å². The third-order valence-corrected chi connectivity index (χ3v) is 5.32. The van der Waals surface area contributed by atoms with E-state index in [9.17, 15) is 61.9 Å². The quantitative estimate of drug-likeness (QED) is 0.121. The van der Waals surface area contributed by atoms with Crippen molar-refractivity contribution in [3.05, 3.63) is 59.7 Å². The number of benzene rings is 1. The van der Waals surface area contributed by atoms with Gasteiger partial charge in [0.05, 0.1) is 6.61 Å². The lowest BCUT2D eigenvalue weighted by molar-refractivity contribution is -0.439. The summed E-state index contributed by atoms with van der Waals surface area (Å²) in [7, 11) is 0. The zero-order valence-corrected chi connectivity index (χ0v) is 20.8. The number of hydrogen-bond acceptors (Lipinski definition) is 2. The minimum absolute atomic E-state index is 0.0690. The molecule has 0 saturated carbocycles. The van der Waals surface area contributed by atoms with E-state index in [1.165, 1.54) is 19.1 Å². The Kier molecular flexibility index (Phi) is 11.1. The summed E-state index contributed by atoms with van der Waals surface area (Å²) >= 11 is 0. The Hall–Kier alpha value is -3.00. The Balaban J connectivity index is 2.96. The van der Waals surface area contributed by atoms with E-state index < -0.39 is 54.4 Å². The standard InChI is InChI=1S/C25H23F13O2/c1-3-15-40-18-11-8-16(9-12-18)10-13-19(39)17(4-2)7-5-6-14-20(26,27)21(28,29)22(30,31)23(32,33)24(34,35)25(36,37)38/h4-6,8-13H,3,7,14-15H2,1-2H3/b6-5-,13-10+,17-4+. The highest BCUT2D eigenvalue weighted by molar-refractivity contribution is 6.06. The van der Waals surface area contributed by atoms with Crippen LogP contribution in [0.3, 0.4) is 0 Å². The van der Waals surface area contributed by atoms with Gasteiger partial charge in [-0.05, 0) is 49.1 Å². The molecule has 2 nitrogen and oxygen atoms in total. The van der Waals surface area contributed by atoms with Crippen molar-refractivity contribution >= 4 is 11.9 Å². The number of ketones is 1. The number of halogens is 13. The largest absolute Gasteiger partial charge is 0.494 e. The second-order valence-electron chi connectivity index (χ2n) is 8.31. The molecule has 0 atom stereocenters. The predicted octanol–water partition coefficient (Wildman–Crippen LogP) is 9.08. The number of carbonyl (C=O) groups is 1. The molecule has 0 saturated heterocycles. The van der Waals surface area contributed by atoms with Crippen LogP contribution in [-0.4, -0.2) is 48.2 Å². The lowest BCUT2D eigenvalue weighted by atomic mass is 9.92. The minimum Gasteiger partial charge on any atom is -0.494 e. The van der Waals surface area contributed by atoms with Gasteiger partial charge in [0.1, 0.15) is 5.75 Å².